The van der Waals surface area contributed by atoms with E-state index >= 15 is 0 Å². The van der Waals surface area contributed by atoms with Gasteiger partial charge in [0.1, 0.15) is 4.88 Å². The molecule has 1 amide bonds. The SMILES string of the molecule is Cc1csc(C(=O)N[C@@H](C)CO)c1Cl. The molecule has 1 aromatic rings. The summed E-state index contributed by atoms with van der Waals surface area (Å²) in [7, 11) is 0. The number of aryl methyl sites for hydroxylation is 1. The fourth-order valence-electron chi connectivity index (χ4n) is 0.918. The van der Waals surface area contributed by atoms with E-state index in [4.69, 9.17) is 16.7 Å². The minimum Gasteiger partial charge on any atom is -0.394 e. The van der Waals surface area contributed by atoms with Crippen LogP contribution in [0.1, 0.15) is 22.2 Å². The number of hydrogen-bond acceptors (Lipinski definition) is 3. The number of hydrogen-bond donors (Lipinski definition) is 2. The largest absolute Gasteiger partial charge is 0.394 e. The van der Waals surface area contributed by atoms with E-state index in [1.807, 2.05) is 12.3 Å². The first-order chi connectivity index (χ1) is 6.56. The summed E-state index contributed by atoms with van der Waals surface area (Å²) in [5.74, 6) is -0.227. The summed E-state index contributed by atoms with van der Waals surface area (Å²) in [5.41, 5.74) is 0.901. The minimum absolute atomic E-state index is 0.0757. The molecule has 2 N–H and O–H groups in total. The molecule has 1 aromatic heterocycles. The average molecular weight is 234 g/mol. The lowest BCUT2D eigenvalue weighted by molar-refractivity contribution is 0.0926. The summed E-state index contributed by atoms with van der Waals surface area (Å²) in [6, 6.07) is -0.249. The molecule has 0 aromatic carbocycles. The van der Waals surface area contributed by atoms with Gasteiger partial charge in [-0.05, 0) is 24.8 Å². The molecule has 0 saturated carbocycles. The van der Waals surface area contributed by atoms with Crippen molar-refractivity contribution in [2.45, 2.75) is 19.9 Å². The van der Waals surface area contributed by atoms with E-state index in [0.717, 1.165) is 5.56 Å². The molecule has 0 fully saturated rings. The number of aliphatic hydroxyl groups is 1. The van der Waals surface area contributed by atoms with E-state index in [1.165, 1.54) is 11.3 Å². The molecule has 5 heteroatoms. The van der Waals surface area contributed by atoms with Crippen LogP contribution in [0.3, 0.4) is 0 Å². The standard InChI is InChI=1S/C9H12ClNO2S/c1-5-4-14-8(7(5)10)9(13)11-6(2)3-12/h4,6,12H,3H2,1-2H3,(H,11,13)/t6-/m0/s1. The van der Waals surface area contributed by atoms with Gasteiger partial charge in [-0.2, -0.15) is 0 Å². The Hall–Kier alpha value is -0.580. The van der Waals surface area contributed by atoms with Gasteiger partial charge < -0.3 is 10.4 Å². The molecule has 1 atom stereocenters. The molecule has 14 heavy (non-hydrogen) atoms. The predicted molar refractivity (Wildman–Crippen MR) is 58.1 cm³/mol. The zero-order valence-electron chi connectivity index (χ0n) is 8.00. The summed E-state index contributed by atoms with van der Waals surface area (Å²) in [6.45, 7) is 3.51. The van der Waals surface area contributed by atoms with Crippen molar-refractivity contribution in [1.29, 1.82) is 0 Å². The van der Waals surface area contributed by atoms with Crippen LogP contribution in [-0.4, -0.2) is 23.7 Å². The van der Waals surface area contributed by atoms with Crippen LogP contribution < -0.4 is 5.32 Å². The number of halogens is 1. The highest BCUT2D eigenvalue weighted by molar-refractivity contribution is 7.13. The Morgan fingerprint density at radius 2 is 2.43 bits per heavy atom. The van der Waals surface area contributed by atoms with Crippen LogP contribution in [0.5, 0.6) is 0 Å². The molecule has 3 nitrogen and oxygen atoms in total. The van der Waals surface area contributed by atoms with E-state index < -0.39 is 0 Å². The van der Waals surface area contributed by atoms with Gasteiger partial charge in [0.05, 0.1) is 11.6 Å². The van der Waals surface area contributed by atoms with Gasteiger partial charge in [-0.15, -0.1) is 11.3 Å². The highest BCUT2D eigenvalue weighted by Gasteiger charge is 2.15. The van der Waals surface area contributed by atoms with Gasteiger partial charge in [0.25, 0.3) is 5.91 Å². The third-order valence-electron chi connectivity index (χ3n) is 1.76. The molecule has 0 radical (unpaired) electrons. The van der Waals surface area contributed by atoms with E-state index in [2.05, 4.69) is 5.32 Å². The Labute approximate surface area is 91.7 Å². The first-order valence-electron chi connectivity index (χ1n) is 4.21. The van der Waals surface area contributed by atoms with Crippen molar-refractivity contribution in [2.75, 3.05) is 6.61 Å². The zero-order chi connectivity index (χ0) is 10.7. The van der Waals surface area contributed by atoms with Gasteiger partial charge in [0.2, 0.25) is 0 Å². The Balaban J connectivity index is 2.75. The fraction of sp³-hybridized carbons (Fsp3) is 0.444. The van der Waals surface area contributed by atoms with Gasteiger partial charge in [0, 0.05) is 6.04 Å². The second kappa shape index (κ2) is 4.77. The van der Waals surface area contributed by atoms with Crippen molar-refractivity contribution in [3.05, 3.63) is 20.8 Å². The summed E-state index contributed by atoms with van der Waals surface area (Å²) < 4.78 is 0. The maximum atomic E-state index is 11.6. The number of thiophene rings is 1. The van der Waals surface area contributed by atoms with Crippen molar-refractivity contribution >= 4 is 28.8 Å². The molecule has 78 valence electrons. The van der Waals surface area contributed by atoms with Gasteiger partial charge in [-0.1, -0.05) is 11.6 Å². The molecule has 0 aliphatic carbocycles. The van der Waals surface area contributed by atoms with Gasteiger partial charge in [-0.25, -0.2) is 0 Å². The number of aliphatic hydroxyl groups excluding tert-OH is 1. The minimum atomic E-state index is -0.249. The van der Waals surface area contributed by atoms with Crippen LogP contribution in [0.15, 0.2) is 5.38 Å². The topological polar surface area (TPSA) is 49.3 Å². The molecule has 0 bridgehead atoms. The van der Waals surface area contributed by atoms with Crippen molar-refractivity contribution in [3.63, 3.8) is 0 Å². The second-order valence-electron chi connectivity index (χ2n) is 3.12. The fourth-order valence-corrected chi connectivity index (χ4v) is 2.10. The van der Waals surface area contributed by atoms with E-state index in [0.29, 0.717) is 9.90 Å². The Bertz CT molecular complexity index is 338. The second-order valence-corrected chi connectivity index (χ2v) is 4.38. The van der Waals surface area contributed by atoms with Crippen molar-refractivity contribution in [3.8, 4) is 0 Å². The van der Waals surface area contributed by atoms with E-state index in [1.54, 1.807) is 6.92 Å². The zero-order valence-corrected chi connectivity index (χ0v) is 9.58. The van der Waals surface area contributed by atoms with Crippen LogP contribution in [-0.2, 0) is 0 Å². The molecule has 1 heterocycles. The average Bonchev–Trinajstić information content (AvgIpc) is 2.47. The Kier molecular flexibility index (Phi) is 3.92. The van der Waals surface area contributed by atoms with Gasteiger partial charge in [0.15, 0.2) is 0 Å². The Morgan fingerprint density at radius 1 is 1.79 bits per heavy atom. The highest BCUT2D eigenvalue weighted by atomic mass is 35.5. The third kappa shape index (κ3) is 2.47. The molecule has 1 rings (SSSR count). The molecule has 0 aliphatic rings. The lowest BCUT2D eigenvalue weighted by Gasteiger charge is -2.09. The monoisotopic (exact) mass is 233 g/mol. The maximum absolute atomic E-state index is 11.6. The number of carbonyl (C=O) groups excluding carboxylic acids is 1. The Morgan fingerprint density at radius 3 is 2.86 bits per heavy atom. The van der Waals surface area contributed by atoms with Crippen LogP contribution in [0, 0.1) is 6.92 Å². The third-order valence-corrected chi connectivity index (χ3v) is 3.45. The van der Waals surface area contributed by atoms with Crippen molar-refractivity contribution in [1.82, 2.24) is 5.32 Å². The summed E-state index contributed by atoms with van der Waals surface area (Å²) in [5, 5.41) is 13.7. The van der Waals surface area contributed by atoms with E-state index in [-0.39, 0.29) is 18.6 Å². The normalized spacial score (nSPS) is 12.6. The van der Waals surface area contributed by atoms with Crippen LogP contribution in [0.25, 0.3) is 0 Å². The first kappa shape index (κ1) is 11.5. The molecular formula is C9H12ClNO2S. The van der Waals surface area contributed by atoms with Crippen molar-refractivity contribution in [2.24, 2.45) is 0 Å². The molecule has 0 aliphatic heterocycles. The quantitative estimate of drug-likeness (QED) is 0.837. The predicted octanol–water partition coefficient (Wildman–Crippen LogP) is 1.82. The van der Waals surface area contributed by atoms with E-state index in [9.17, 15) is 4.79 Å². The lowest BCUT2D eigenvalue weighted by atomic mass is 10.3. The number of rotatable bonds is 3. The molecule has 0 spiro atoms. The summed E-state index contributed by atoms with van der Waals surface area (Å²) in [6.07, 6.45) is 0. The number of carbonyl (C=O) groups is 1. The summed E-state index contributed by atoms with van der Waals surface area (Å²) in [4.78, 5) is 12.1. The first-order valence-corrected chi connectivity index (χ1v) is 5.47. The summed E-state index contributed by atoms with van der Waals surface area (Å²) >= 11 is 7.23. The highest BCUT2D eigenvalue weighted by Crippen LogP contribution is 2.26. The number of amides is 1. The smallest absolute Gasteiger partial charge is 0.263 e. The van der Waals surface area contributed by atoms with Gasteiger partial charge in [-0.3, -0.25) is 4.79 Å². The van der Waals surface area contributed by atoms with Gasteiger partial charge >= 0.3 is 0 Å². The number of nitrogens with one attached hydrogen (secondary N) is 1. The molecule has 0 unspecified atom stereocenters. The lowest BCUT2D eigenvalue weighted by Crippen LogP contribution is -2.34. The molecular weight excluding hydrogens is 222 g/mol. The van der Waals surface area contributed by atoms with Crippen LogP contribution >= 0.6 is 22.9 Å². The van der Waals surface area contributed by atoms with Crippen molar-refractivity contribution < 1.29 is 9.90 Å². The van der Waals surface area contributed by atoms with Crippen LogP contribution in [0.2, 0.25) is 5.02 Å². The molecule has 0 saturated heterocycles. The van der Waals surface area contributed by atoms with Crippen LogP contribution in [0.4, 0.5) is 0 Å². The maximum Gasteiger partial charge on any atom is 0.263 e.